The van der Waals surface area contributed by atoms with Crippen LogP contribution in [0, 0.1) is 5.92 Å². The van der Waals surface area contributed by atoms with E-state index >= 15 is 0 Å². The van der Waals surface area contributed by atoms with Gasteiger partial charge in [0.2, 0.25) is 0 Å². The number of benzene rings is 1. The van der Waals surface area contributed by atoms with E-state index in [9.17, 15) is 15.3 Å². The summed E-state index contributed by atoms with van der Waals surface area (Å²) in [6, 6.07) is 5.34. The van der Waals surface area contributed by atoms with Gasteiger partial charge in [-0.05, 0) is 48.4 Å². The van der Waals surface area contributed by atoms with Gasteiger partial charge in [0.05, 0.1) is 18.8 Å². The van der Waals surface area contributed by atoms with Crippen molar-refractivity contribution in [1.29, 1.82) is 0 Å². The average Bonchev–Trinajstić information content (AvgIpc) is 2.37. The summed E-state index contributed by atoms with van der Waals surface area (Å²) in [4.78, 5) is 0. The van der Waals surface area contributed by atoms with Crippen LogP contribution in [0.4, 0.5) is 0 Å². The first-order valence-electron chi connectivity index (χ1n) is 5.90. The second-order valence-electron chi connectivity index (χ2n) is 4.94. The summed E-state index contributed by atoms with van der Waals surface area (Å²) in [7, 11) is 0. The van der Waals surface area contributed by atoms with Crippen LogP contribution in [0.15, 0.2) is 18.2 Å². The smallest absolute Gasteiger partial charge is 0.115 e. The van der Waals surface area contributed by atoms with Crippen LogP contribution >= 0.6 is 0 Å². The maximum atomic E-state index is 9.40. The first-order chi connectivity index (χ1) is 8.09. The highest BCUT2D eigenvalue weighted by Crippen LogP contribution is 2.32. The van der Waals surface area contributed by atoms with E-state index in [1.807, 2.05) is 6.07 Å². The SMILES string of the molecule is NC(CO)(CO)C1CCc2cc(O)ccc2C1. The number of fused-ring (bicyclic) bond motifs is 1. The highest BCUT2D eigenvalue weighted by molar-refractivity contribution is 5.37. The molecule has 0 spiro atoms. The Morgan fingerprint density at radius 2 is 1.94 bits per heavy atom. The Morgan fingerprint density at radius 3 is 2.59 bits per heavy atom. The average molecular weight is 237 g/mol. The van der Waals surface area contributed by atoms with Gasteiger partial charge in [0, 0.05) is 0 Å². The van der Waals surface area contributed by atoms with E-state index in [0.717, 1.165) is 30.4 Å². The second-order valence-corrected chi connectivity index (χ2v) is 4.94. The fourth-order valence-corrected chi connectivity index (χ4v) is 2.54. The summed E-state index contributed by atoms with van der Waals surface area (Å²) in [5.41, 5.74) is 7.39. The van der Waals surface area contributed by atoms with Crippen LogP contribution in [-0.2, 0) is 12.8 Å². The molecule has 1 unspecified atom stereocenters. The molecular weight excluding hydrogens is 218 g/mol. The van der Waals surface area contributed by atoms with Crippen molar-refractivity contribution in [3.63, 3.8) is 0 Å². The first kappa shape index (κ1) is 12.4. The second kappa shape index (κ2) is 4.64. The van der Waals surface area contributed by atoms with Crippen LogP contribution in [-0.4, -0.2) is 34.1 Å². The number of phenolic OH excluding ortho intramolecular Hbond substituents is 1. The molecule has 1 atom stereocenters. The minimum absolute atomic E-state index is 0.0783. The third-order valence-corrected chi connectivity index (χ3v) is 3.82. The number of rotatable bonds is 3. The van der Waals surface area contributed by atoms with E-state index in [0.29, 0.717) is 0 Å². The summed E-state index contributed by atoms with van der Waals surface area (Å²) < 4.78 is 0. The van der Waals surface area contributed by atoms with Gasteiger partial charge in [-0.25, -0.2) is 0 Å². The molecule has 0 amide bonds. The number of aromatic hydroxyl groups is 1. The third kappa shape index (κ3) is 2.29. The highest BCUT2D eigenvalue weighted by Gasteiger charge is 2.36. The molecule has 0 aromatic heterocycles. The Kier molecular flexibility index (Phi) is 3.38. The number of nitrogens with two attached hydrogens (primary N) is 1. The van der Waals surface area contributed by atoms with Crippen molar-refractivity contribution < 1.29 is 15.3 Å². The van der Waals surface area contributed by atoms with E-state index in [2.05, 4.69) is 0 Å². The summed E-state index contributed by atoms with van der Waals surface area (Å²) in [5.74, 6) is 0.361. The van der Waals surface area contributed by atoms with Gasteiger partial charge < -0.3 is 21.1 Å². The molecule has 4 nitrogen and oxygen atoms in total. The van der Waals surface area contributed by atoms with Gasteiger partial charge in [0.25, 0.3) is 0 Å². The summed E-state index contributed by atoms with van der Waals surface area (Å²) >= 11 is 0. The Hall–Kier alpha value is -1.10. The summed E-state index contributed by atoms with van der Waals surface area (Å²) in [6.45, 7) is -0.414. The molecule has 1 aliphatic carbocycles. The van der Waals surface area contributed by atoms with Crippen LogP contribution in [0.2, 0.25) is 0 Å². The molecule has 4 heteroatoms. The van der Waals surface area contributed by atoms with Crippen molar-refractivity contribution >= 4 is 0 Å². The van der Waals surface area contributed by atoms with Gasteiger partial charge in [-0.15, -0.1) is 0 Å². The molecule has 0 bridgehead atoms. The minimum Gasteiger partial charge on any atom is -0.508 e. The van der Waals surface area contributed by atoms with E-state index in [1.54, 1.807) is 12.1 Å². The van der Waals surface area contributed by atoms with Gasteiger partial charge >= 0.3 is 0 Å². The topological polar surface area (TPSA) is 86.7 Å². The molecule has 5 N–H and O–H groups in total. The van der Waals surface area contributed by atoms with Crippen molar-refractivity contribution in [1.82, 2.24) is 0 Å². The molecule has 1 aliphatic rings. The maximum Gasteiger partial charge on any atom is 0.115 e. The Bertz CT molecular complexity index is 402. The number of aryl methyl sites for hydroxylation is 1. The van der Waals surface area contributed by atoms with E-state index in [-0.39, 0.29) is 24.9 Å². The van der Waals surface area contributed by atoms with Gasteiger partial charge in [-0.1, -0.05) is 6.07 Å². The molecule has 1 aromatic carbocycles. The molecule has 0 saturated heterocycles. The maximum absolute atomic E-state index is 9.40. The summed E-state index contributed by atoms with van der Waals surface area (Å²) in [6.07, 6.45) is 2.40. The van der Waals surface area contributed by atoms with Crippen LogP contribution in [0.3, 0.4) is 0 Å². The highest BCUT2D eigenvalue weighted by atomic mass is 16.3. The van der Waals surface area contributed by atoms with Crippen LogP contribution in [0.25, 0.3) is 0 Å². The van der Waals surface area contributed by atoms with E-state index in [1.165, 1.54) is 0 Å². The Morgan fingerprint density at radius 1 is 1.24 bits per heavy atom. The molecule has 0 radical (unpaired) electrons. The lowest BCUT2D eigenvalue weighted by Gasteiger charge is -2.37. The van der Waals surface area contributed by atoms with Gasteiger partial charge in [-0.3, -0.25) is 0 Å². The van der Waals surface area contributed by atoms with Crippen LogP contribution in [0.1, 0.15) is 17.5 Å². The molecular formula is C13H19NO3. The van der Waals surface area contributed by atoms with Crippen molar-refractivity contribution in [2.45, 2.75) is 24.8 Å². The lowest BCUT2D eigenvalue weighted by atomic mass is 9.73. The first-order valence-corrected chi connectivity index (χ1v) is 5.90. The number of phenols is 1. The van der Waals surface area contributed by atoms with Crippen molar-refractivity contribution in [3.8, 4) is 5.75 Å². The molecule has 17 heavy (non-hydrogen) atoms. The zero-order chi connectivity index (χ0) is 12.5. The van der Waals surface area contributed by atoms with Crippen molar-refractivity contribution in [2.24, 2.45) is 11.7 Å². The molecule has 94 valence electrons. The molecule has 0 fully saturated rings. The zero-order valence-electron chi connectivity index (χ0n) is 9.76. The van der Waals surface area contributed by atoms with Crippen LogP contribution in [0.5, 0.6) is 5.75 Å². The Labute approximate surface area is 101 Å². The zero-order valence-corrected chi connectivity index (χ0v) is 9.76. The number of aliphatic hydroxyl groups excluding tert-OH is 2. The standard InChI is InChI=1S/C13H19NO3/c14-13(7-15,8-16)11-3-1-10-6-12(17)4-2-9(10)5-11/h2,4,6,11,15-17H,1,3,5,7-8,14H2. The molecule has 0 heterocycles. The number of hydrogen-bond donors (Lipinski definition) is 4. The molecule has 0 aliphatic heterocycles. The fraction of sp³-hybridized carbons (Fsp3) is 0.538. The lowest BCUT2D eigenvalue weighted by molar-refractivity contribution is 0.0690. The van der Waals surface area contributed by atoms with Crippen LogP contribution < -0.4 is 5.73 Å². The third-order valence-electron chi connectivity index (χ3n) is 3.82. The monoisotopic (exact) mass is 237 g/mol. The van der Waals surface area contributed by atoms with Gasteiger partial charge in [0.15, 0.2) is 0 Å². The fourth-order valence-electron chi connectivity index (χ4n) is 2.54. The number of hydrogen-bond acceptors (Lipinski definition) is 4. The molecule has 1 aromatic rings. The molecule has 2 rings (SSSR count). The normalized spacial score (nSPS) is 20.1. The predicted octanol–water partition coefficient (Wildman–Crippen LogP) is 0.179. The molecule has 0 saturated carbocycles. The van der Waals surface area contributed by atoms with Crippen molar-refractivity contribution in [2.75, 3.05) is 13.2 Å². The predicted molar refractivity (Wildman–Crippen MR) is 64.7 cm³/mol. The quantitative estimate of drug-likeness (QED) is 0.604. The van der Waals surface area contributed by atoms with E-state index in [4.69, 9.17) is 5.73 Å². The minimum atomic E-state index is -0.907. The number of aliphatic hydroxyl groups is 2. The lowest BCUT2D eigenvalue weighted by Crippen LogP contribution is -2.55. The Balaban J connectivity index is 2.21. The van der Waals surface area contributed by atoms with Gasteiger partial charge in [-0.2, -0.15) is 0 Å². The van der Waals surface area contributed by atoms with Gasteiger partial charge in [0.1, 0.15) is 5.75 Å². The van der Waals surface area contributed by atoms with E-state index < -0.39 is 5.54 Å². The summed E-state index contributed by atoms with van der Waals surface area (Å²) in [5, 5.41) is 28.0. The largest absolute Gasteiger partial charge is 0.508 e. The van der Waals surface area contributed by atoms with Crippen molar-refractivity contribution in [3.05, 3.63) is 29.3 Å².